The van der Waals surface area contributed by atoms with Crippen molar-refractivity contribution in [2.45, 2.75) is 31.6 Å². The summed E-state index contributed by atoms with van der Waals surface area (Å²) in [5.74, 6) is -0.979. The lowest BCUT2D eigenvalue weighted by atomic mass is 9.88. The molecule has 4 nitrogen and oxygen atoms in total. The minimum atomic E-state index is -0.868. The summed E-state index contributed by atoms with van der Waals surface area (Å²) in [4.78, 5) is 11.0. The van der Waals surface area contributed by atoms with Crippen molar-refractivity contribution in [2.24, 2.45) is 0 Å². The molecule has 1 aromatic rings. The molecule has 1 aliphatic carbocycles. The van der Waals surface area contributed by atoms with Crippen LogP contribution in [0.3, 0.4) is 0 Å². The molecule has 19 heavy (non-hydrogen) atoms. The van der Waals surface area contributed by atoms with Gasteiger partial charge in [-0.3, -0.25) is 4.79 Å². The van der Waals surface area contributed by atoms with Crippen LogP contribution in [0.5, 0.6) is 11.5 Å². The number of aliphatic carboxylic acids is 1. The predicted molar refractivity (Wildman–Crippen MR) is 67.4 cm³/mol. The number of carboxylic acids is 1. The number of hydrogen-bond acceptors (Lipinski definition) is 3. The Morgan fingerprint density at radius 1 is 1.37 bits per heavy atom. The van der Waals surface area contributed by atoms with Crippen LogP contribution in [0.25, 0.3) is 0 Å². The predicted octanol–water partition coefficient (Wildman–Crippen LogP) is 2.66. The Balaban J connectivity index is 2.54. The highest BCUT2D eigenvalue weighted by Gasteiger charge is 2.47. The van der Waals surface area contributed by atoms with Gasteiger partial charge in [-0.15, -0.1) is 0 Å². The molecule has 0 radical (unpaired) electrons. The van der Waals surface area contributed by atoms with Gasteiger partial charge >= 0.3 is 5.97 Å². The first kappa shape index (κ1) is 13.6. The third kappa shape index (κ3) is 2.25. The van der Waals surface area contributed by atoms with Gasteiger partial charge in [-0.25, -0.2) is 4.39 Å². The third-order valence-corrected chi connectivity index (χ3v) is 3.76. The second kappa shape index (κ2) is 4.72. The quantitative estimate of drug-likeness (QED) is 0.892. The Morgan fingerprint density at radius 3 is 2.37 bits per heavy atom. The zero-order chi connectivity index (χ0) is 14.2. The Labute approximate surface area is 111 Å². The second-order valence-electron chi connectivity index (χ2n) is 4.95. The Morgan fingerprint density at radius 2 is 1.95 bits per heavy atom. The van der Waals surface area contributed by atoms with E-state index in [0.29, 0.717) is 11.3 Å². The van der Waals surface area contributed by atoms with Crippen LogP contribution >= 0.6 is 0 Å². The van der Waals surface area contributed by atoms with Crippen molar-refractivity contribution in [3.8, 4) is 11.5 Å². The molecule has 2 rings (SSSR count). The fraction of sp³-hybridized carbons (Fsp3) is 0.500. The highest BCUT2D eigenvalue weighted by Crippen LogP contribution is 2.54. The van der Waals surface area contributed by atoms with Gasteiger partial charge in [0, 0.05) is 5.41 Å². The standard InChI is InChI=1S/C14H17FO4/c1-8-9(14(4-5-14)7-11(16)17)6-10(15)13(19-3)12(8)18-2/h6H,4-5,7H2,1-3H3,(H,16,17). The molecule has 1 N–H and O–H groups in total. The third-order valence-electron chi connectivity index (χ3n) is 3.76. The van der Waals surface area contributed by atoms with Gasteiger partial charge < -0.3 is 14.6 Å². The Kier molecular flexibility index (Phi) is 3.39. The molecule has 0 amide bonds. The normalized spacial score (nSPS) is 16.0. The molecule has 0 aliphatic heterocycles. The van der Waals surface area contributed by atoms with Crippen LogP contribution in [0.1, 0.15) is 30.4 Å². The van der Waals surface area contributed by atoms with Gasteiger partial charge in [0.15, 0.2) is 17.3 Å². The summed E-state index contributed by atoms with van der Waals surface area (Å²) in [6, 6.07) is 1.38. The minimum absolute atomic E-state index is 0.0166. The van der Waals surface area contributed by atoms with Gasteiger partial charge in [-0.2, -0.15) is 0 Å². The lowest BCUT2D eigenvalue weighted by Gasteiger charge is -2.20. The first-order chi connectivity index (χ1) is 8.95. The number of halogens is 1. The van der Waals surface area contributed by atoms with Gasteiger partial charge in [-0.05, 0) is 37.0 Å². The highest BCUT2D eigenvalue weighted by atomic mass is 19.1. The largest absolute Gasteiger partial charge is 0.492 e. The monoisotopic (exact) mass is 268 g/mol. The molecule has 0 aromatic heterocycles. The summed E-state index contributed by atoms with van der Waals surface area (Å²) in [5, 5.41) is 8.99. The number of carboxylic acid groups (broad SMARTS) is 1. The van der Waals surface area contributed by atoms with Crippen LogP contribution in [0.4, 0.5) is 4.39 Å². The molecule has 1 aromatic carbocycles. The molecule has 0 unspecified atom stereocenters. The summed E-state index contributed by atoms with van der Waals surface area (Å²) in [6.45, 7) is 1.80. The molecule has 1 aliphatic rings. The molecule has 0 bridgehead atoms. The van der Waals surface area contributed by atoms with Crippen LogP contribution in [-0.4, -0.2) is 25.3 Å². The van der Waals surface area contributed by atoms with E-state index < -0.39 is 17.2 Å². The van der Waals surface area contributed by atoms with Crippen molar-refractivity contribution in [1.29, 1.82) is 0 Å². The van der Waals surface area contributed by atoms with Crippen LogP contribution in [0.15, 0.2) is 6.07 Å². The van der Waals surface area contributed by atoms with Crippen molar-refractivity contribution in [3.63, 3.8) is 0 Å². The van der Waals surface area contributed by atoms with Gasteiger partial charge in [0.1, 0.15) is 0 Å². The van der Waals surface area contributed by atoms with Crippen LogP contribution in [0, 0.1) is 12.7 Å². The first-order valence-electron chi connectivity index (χ1n) is 6.08. The van der Waals surface area contributed by atoms with E-state index in [1.165, 1.54) is 20.3 Å². The first-order valence-corrected chi connectivity index (χ1v) is 6.08. The minimum Gasteiger partial charge on any atom is -0.492 e. The number of methoxy groups -OCH3 is 2. The number of ether oxygens (including phenoxy) is 2. The summed E-state index contributed by atoms with van der Waals surface area (Å²) < 4.78 is 24.2. The lowest BCUT2D eigenvalue weighted by molar-refractivity contribution is -0.137. The zero-order valence-corrected chi connectivity index (χ0v) is 11.2. The number of carbonyl (C=O) groups is 1. The molecule has 0 spiro atoms. The van der Waals surface area contributed by atoms with E-state index in [2.05, 4.69) is 0 Å². The van der Waals surface area contributed by atoms with Crippen molar-refractivity contribution < 1.29 is 23.8 Å². The van der Waals surface area contributed by atoms with Crippen molar-refractivity contribution >= 4 is 5.97 Å². The number of rotatable bonds is 5. The number of hydrogen-bond donors (Lipinski definition) is 1. The van der Waals surface area contributed by atoms with Gasteiger partial charge in [0.25, 0.3) is 0 Å². The Bertz CT molecular complexity index is 521. The van der Waals surface area contributed by atoms with E-state index in [9.17, 15) is 9.18 Å². The second-order valence-corrected chi connectivity index (χ2v) is 4.95. The van der Waals surface area contributed by atoms with E-state index in [1.807, 2.05) is 0 Å². The molecule has 0 saturated heterocycles. The maximum atomic E-state index is 14.0. The molecule has 5 heteroatoms. The highest BCUT2D eigenvalue weighted by molar-refractivity contribution is 5.71. The van der Waals surface area contributed by atoms with E-state index >= 15 is 0 Å². The molecule has 0 heterocycles. The average Bonchev–Trinajstić information content (AvgIpc) is 3.10. The van der Waals surface area contributed by atoms with Crippen molar-refractivity contribution in [2.75, 3.05) is 14.2 Å². The molecule has 104 valence electrons. The van der Waals surface area contributed by atoms with Crippen LogP contribution in [0.2, 0.25) is 0 Å². The maximum Gasteiger partial charge on any atom is 0.304 e. The van der Waals surface area contributed by atoms with E-state index in [0.717, 1.165) is 18.4 Å². The molecular formula is C14H17FO4. The van der Waals surface area contributed by atoms with Crippen LogP contribution in [-0.2, 0) is 10.2 Å². The van der Waals surface area contributed by atoms with Crippen LogP contribution < -0.4 is 9.47 Å². The average molecular weight is 268 g/mol. The van der Waals surface area contributed by atoms with Gasteiger partial charge in [0.2, 0.25) is 0 Å². The number of benzene rings is 1. The van der Waals surface area contributed by atoms with E-state index in [1.54, 1.807) is 6.92 Å². The van der Waals surface area contributed by atoms with Gasteiger partial charge in [0.05, 0.1) is 20.6 Å². The lowest BCUT2D eigenvalue weighted by Crippen LogP contribution is -2.15. The Hall–Kier alpha value is -1.78. The zero-order valence-electron chi connectivity index (χ0n) is 11.2. The summed E-state index contributed by atoms with van der Waals surface area (Å²) in [6.07, 6.45) is 1.53. The van der Waals surface area contributed by atoms with E-state index in [4.69, 9.17) is 14.6 Å². The molecule has 0 atom stereocenters. The molecule has 1 fully saturated rings. The van der Waals surface area contributed by atoms with E-state index in [-0.39, 0.29) is 12.2 Å². The smallest absolute Gasteiger partial charge is 0.304 e. The maximum absolute atomic E-state index is 14.0. The topological polar surface area (TPSA) is 55.8 Å². The summed E-state index contributed by atoms with van der Waals surface area (Å²) >= 11 is 0. The molecule has 1 saturated carbocycles. The van der Waals surface area contributed by atoms with Crippen molar-refractivity contribution in [1.82, 2.24) is 0 Å². The summed E-state index contributed by atoms with van der Waals surface area (Å²) in [7, 11) is 2.83. The molecular weight excluding hydrogens is 251 g/mol. The van der Waals surface area contributed by atoms with Crippen molar-refractivity contribution in [3.05, 3.63) is 23.0 Å². The summed E-state index contributed by atoms with van der Waals surface area (Å²) in [5.41, 5.74) is 1.01. The fourth-order valence-corrected chi connectivity index (χ4v) is 2.67. The van der Waals surface area contributed by atoms with Gasteiger partial charge in [-0.1, -0.05) is 0 Å². The fourth-order valence-electron chi connectivity index (χ4n) is 2.67. The SMILES string of the molecule is COc1c(F)cc(C2(CC(=O)O)CC2)c(C)c1OC.